The molecule has 3 amide bonds. The van der Waals surface area contributed by atoms with E-state index in [0.29, 0.717) is 33.3 Å². The molecule has 3 N–H and O–H groups in total. The minimum Gasteiger partial charge on any atom is -0.350 e. The van der Waals surface area contributed by atoms with Crippen LogP contribution in [-0.2, 0) is 4.79 Å². The fourth-order valence-electron chi connectivity index (χ4n) is 2.18. The lowest BCUT2D eigenvalue weighted by Gasteiger charge is -2.09. The van der Waals surface area contributed by atoms with Gasteiger partial charge in [0.1, 0.15) is 0 Å². The molecule has 8 heteroatoms. The van der Waals surface area contributed by atoms with Crippen LogP contribution in [0.25, 0.3) is 0 Å². The van der Waals surface area contributed by atoms with Crippen LogP contribution in [0, 0.1) is 0 Å². The van der Waals surface area contributed by atoms with E-state index in [-0.39, 0.29) is 30.8 Å². The van der Waals surface area contributed by atoms with E-state index in [0.717, 1.165) is 0 Å². The number of hydrogen-bond acceptors (Lipinski definition) is 3. The fourth-order valence-corrected chi connectivity index (χ4v) is 2.48. The van der Waals surface area contributed by atoms with E-state index in [1.165, 1.54) is 6.07 Å². The Morgan fingerprint density at radius 3 is 2.07 bits per heavy atom. The minimum atomic E-state index is -0.313. The van der Waals surface area contributed by atoms with Gasteiger partial charge in [-0.1, -0.05) is 36.2 Å². The monoisotopic (exact) mass is 407 g/mol. The van der Waals surface area contributed by atoms with Crippen LogP contribution in [0.5, 0.6) is 0 Å². The molecule has 142 valence electrons. The molecule has 0 heterocycles. The van der Waals surface area contributed by atoms with E-state index >= 15 is 0 Å². The zero-order valence-electron chi connectivity index (χ0n) is 14.6. The van der Waals surface area contributed by atoms with Crippen LogP contribution in [0.4, 0.5) is 5.69 Å². The van der Waals surface area contributed by atoms with E-state index in [1.807, 2.05) is 0 Å². The molecular weight excluding hydrogens is 389 g/mol. The molecule has 0 saturated carbocycles. The number of rotatable bonds is 7. The van der Waals surface area contributed by atoms with Crippen LogP contribution in [0.2, 0.25) is 10.0 Å². The smallest absolute Gasteiger partial charge is 0.251 e. The highest BCUT2D eigenvalue weighted by molar-refractivity contribution is 6.42. The summed E-state index contributed by atoms with van der Waals surface area (Å²) in [5, 5.41) is 8.76. The van der Waals surface area contributed by atoms with Gasteiger partial charge in [0.15, 0.2) is 0 Å². The molecule has 0 aromatic heterocycles. The van der Waals surface area contributed by atoms with Crippen LogP contribution in [0.3, 0.4) is 0 Å². The largest absolute Gasteiger partial charge is 0.350 e. The first-order valence-corrected chi connectivity index (χ1v) is 9.07. The van der Waals surface area contributed by atoms with Crippen molar-refractivity contribution in [3.8, 4) is 0 Å². The summed E-state index contributed by atoms with van der Waals surface area (Å²) >= 11 is 11.7. The van der Waals surface area contributed by atoms with Crippen molar-refractivity contribution in [2.75, 3.05) is 18.4 Å². The Balaban J connectivity index is 1.82. The van der Waals surface area contributed by atoms with Crippen LogP contribution < -0.4 is 16.0 Å². The molecule has 2 aromatic carbocycles. The summed E-state index contributed by atoms with van der Waals surface area (Å²) in [6.45, 7) is 2.24. The molecule has 6 nitrogen and oxygen atoms in total. The Morgan fingerprint density at radius 2 is 1.48 bits per heavy atom. The van der Waals surface area contributed by atoms with Gasteiger partial charge >= 0.3 is 0 Å². The molecule has 2 rings (SSSR count). The Kier molecular flexibility index (Phi) is 7.64. The van der Waals surface area contributed by atoms with Gasteiger partial charge in [0.2, 0.25) is 5.91 Å². The van der Waals surface area contributed by atoms with Gasteiger partial charge in [-0.3, -0.25) is 14.4 Å². The molecule has 0 radical (unpaired) electrons. The predicted molar refractivity (Wildman–Crippen MR) is 106 cm³/mol. The molecule has 0 spiro atoms. The lowest BCUT2D eigenvalue weighted by Crippen LogP contribution is -2.34. The summed E-state index contributed by atoms with van der Waals surface area (Å²) < 4.78 is 0. The molecular formula is C19H19Cl2N3O3. The van der Waals surface area contributed by atoms with E-state index in [2.05, 4.69) is 16.0 Å². The van der Waals surface area contributed by atoms with Crippen molar-refractivity contribution in [3.63, 3.8) is 0 Å². The van der Waals surface area contributed by atoms with Crippen molar-refractivity contribution < 1.29 is 14.4 Å². The molecule has 0 atom stereocenters. The Bertz CT molecular complexity index is 856. The highest BCUT2D eigenvalue weighted by atomic mass is 35.5. The molecule has 0 aliphatic carbocycles. The number of halogens is 2. The lowest BCUT2D eigenvalue weighted by atomic mass is 10.2. The maximum Gasteiger partial charge on any atom is 0.251 e. The van der Waals surface area contributed by atoms with E-state index in [1.54, 1.807) is 43.3 Å². The number of carbonyl (C=O) groups excluding carboxylic acids is 3. The first-order valence-electron chi connectivity index (χ1n) is 8.32. The molecule has 0 aliphatic heterocycles. The van der Waals surface area contributed by atoms with Gasteiger partial charge in [0.25, 0.3) is 11.8 Å². The second-order valence-corrected chi connectivity index (χ2v) is 6.44. The summed E-state index contributed by atoms with van der Waals surface area (Å²) in [6.07, 6.45) is 0.356. The number of amides is 3. The normalized spacial score (nSPS) is 10.2. The Morgan fingerprint density at radius 1 is 0.852 bits per heavy atom. The second kappa shape index (κ2) is 9.94. The maximum atomic E-state index is 12.2. The molecule has 0 saturated heterocycles. The number of nitrogens with one attached hydrogen (secondary N) is 3. The van der Waals surface area contributed by atoms with E-state index in [4.69, 9.17) is 23.2 Å². The van der Waals surface area contributed by atoms with Gasteiger partial charge in [-0.05, 0) is 36.4 Å². The number of hydrogen-bond donors (Lipinski definition) is 3. The van der Waals surface area contributed by atoms with Crippen LogP contribution in [0.15, 0.2) is 42.5 Å². The lowest BCUT2D eigenvalue weighted by molar-refractivity contribution is -0.115. The predicted octanol–water partition coefficient (Wildman–Crippen LogP) is 3.50. The first-order chi connectivity index (χ1) is 12.9. The third kappa shape index (κ3) is 6.27. The third-order valence-electron chi connectivity index (χ3n) is 3.61. The zero-order valence-corrected chi connectivity index (χ0v) is 16.2. The summed E-state index contributed by atoms with van der Waals surface area (Å²) in [5.41, 5.74) is 1.36. The maximum absolute atomic E-state index is 12.2. The van der Waals surface area contributed by atoms with Crippen molar-refractivity contribution in [1.29, 1.82) is 0 Å². The summed E-state index contributed by atoms with van der Waals surface area (Å²) in [7, 11) is 0. The fraction of sp³-hybridized carbons (Fsp3) is 0.211. The van der Waals surface area contributed by atoms with Crippen LogP contribution in [-0.4, -0.2) is 30.8 Å². The van der Waals surface area contributed by atoms with Gasteiger partial charge in [0, 0.05) is 36.3 Å². The van der Waals surface area contributed by atoms with Crippen LogP contribution in [0.1, 0.15) is 34.1 Å². The SMILES string of the molecule is CCC(=O)Nc1cccc(C(=O)NCCNC(=O)c2ccc(Cl)c(Cl)c2)c1. The minimum absolute atomic E-state index is 0.127. The number of anilines is 1. The van der Waals surface area contributed by atoms with Gasteiger partial charge in [-0.2, -0.15) is 0 Å². The Labute approximate surface area is 167 Å². The average Bonchev–Trinajstić information content (AvgIpc) is 2.67. The standard InChI is InChI=1S/C19H19Cl2N3O3/c1-2-17(25)24-14-5-3-4-12(10-14)18(26)22-8-9-23-19(27)13-6-7-15(20)16(21)11-13/h3-7,10-11H,2,8-9H2,1H3,(H,22,26)(H,23,27)(H,24,25). The summed E-state index contributed by atoms with van der Waals surface area (Å²) in [6, 6.07) is 11.2. The molecule has 0 aliphatic rings. The van der Waals surface area contributed by atoms with Crippen molar-refractivity contribution >= 4 is 46.6 Å². The number of benzene rings is 2. The highest BCUT2D eigenvalue weighted by Gasteiger charge is 2.09. The second-order valence-electron chi connectivity index (χ2n) is 5.62. The van der Waals surface area contributed by atoms with Gasteiger partial charge in [-0.15, -0.1) is 0 Å². The van der Waals surface area contributed by atoms with Crippen molar-refractivity contribution in [2.45, 2.75) is 13.3 Å². The summed E-state index contributed by atoms with van der Waals surface area (Å²) in [4.78, 5) is 35.6. The molecule has 27 heavy (non-hydrogen) atoms. The molecule has 0 unspecified atom stereocenters. The van der Waals surface area contributed by atoms with Crippen molar-refractivity contribution in [1.82, 2.24) is 10.6 Å². The van der Waals surface area contributed by atoms with Gasteiger partial charge < -0.3 is 16.0 Å². The molecule has 2 aromatic rings. The van der Waals surface area contributed by atoms with Crippen molar-refractivity contribution in [3.05, 3.63) is 63.6 Å². The number of carbonyl (C=O) groups is 3. The highest BCUT2D eigenvalue weighted by Crippen LogP contribution is 2.22. The van der Waals surface area contributed by atoms with E-state index in [9.17, 15) is 14.4 Å². The third-order valence-corrected chi connectivity index (χ3v) is 4.35. The quantitative estimate of drug-likeness (QED) is 0.613. The first kappa shape index (κ1) is 20.7. The van der Waals surface area contributed by atoms with E-state index < -0.39 is 0 Å². The zero-order chi connectivity index (χ0) is 19.8. The summed E-state index contributed by atoms with van der Waals surface area (Å²) in [5.74, 6) is -0.740. The molecule has 0 bridgehead atoms. The molecule has 0 fully saturated rings. The van der Waals surface area contributed by atoms with Crippen molar-refractivity contribution in [2.24, 2.45) is 0 Å². The Hall–Kier alpha value is -2.57. The van der Waals surface area contributed by atoms with Crippen LogP contribution >= 0.6 is 23.2 Å². The average molecular weight is 408 g/mol. The topological polar surface area (TPSA) is 87.3 Å². The van der Waals surface area contributed by atoms with Gasteiger partial charge in [0.05, 0.1) is 10.0 Å². The van der Waals surface area contributed by atoms with Gasteiger partial charge in [-0.25, -0.2) is 0 Å².